The van der Waals surface area contributed by atoms with E-state index in [9.17, 15) is 16.8 Å². The van der Waals surface area contributed by atoms with Crippen molar-refractivity contribution in [3.8, 4) is 0 Å². The average Bonchev–Trinajstić information content (AvgIpc) is 3.64. The molecule has 2 heterocycles. The lowest BCUT2D eigenvalue weighted by molar-refractivity contribution is 0.316. The second-order valence-corrected chi connectivity index (χ2v) is 14.8. The van der Waals surface area contributed by atoms with E-state index in [4.69, 9.17) is 0 Å². The highest BCUT2D eigenvalue weighted by molar-refractivity contribution is 7.93. The molecule has 1 fully saturated rings. The first-order chi connectivity index (χ1) is 19.2. The van der Waals surface area contributed by atoms with Crippen LogP contribution in [0.2, 0.25) is 0 Å². The molecule has 0 amide bonds. The highest BCUT2D eigenvalue weighted by atomic mass is 32.2. The first-order valence-corrected chi connectivity index (χ1v) is 17.1. The van der Waals surface area contributed by atoms with Crippen molar-refractivity contribution in [1.82, 2.24) is 9.29 Å². The van der Waals surface area contributed by atoms with Crippen molar-refractivity contribution in [3.05, 3.63) is 107 Å². The first kappa shape index (κ1) is 28.5. The minimum Gasteiger partial charge on any atom is -0.259 e. The maximum absolute atomic E-state index is 13.9. The van der Waals surface area contributed by atoms with Crippen LogP contribution in [0.15, 0.2) is 94.2 Å². The van der Waals surface area contributed by atoms with Crippen LogP contribution in [0.4, 0.5) is 5.00 Å². The molecule has 210 valence electrons. The number of sulfonamides is 2. The van der Waals surface area contributed by atoms with Crippen LogP contribution in [0.3, 0.4) is 0 Å². The van der Waals surface area contributed by atoms with Crippen molar-refractivity contribution in [2.75, 3.05) is 4.31 Å². The van der Waals surface area contributed by atoms with Gasteiger partial charge in [0.15, 0.2) is 0 Å². The molecule has 7 nitrogen and oxygen atoms in total. The Balaban J connectivity index is 1.46. The SMILES string of the molecule is Cc1ccc(CN(C2CCCC2)S(=O)(=O)c2ccc(S(=O)(=O)N(Cc3ccccn3)c3sccc3C)cc2)cc1. The largest absolute Gasteiger partial charge is 0.265 e. The molecule has 1 aliphatic rings. The van der Waals surface area contributed by atoms with E-state index in [1.165, 1.54) is 39.9 Å². The van der Waals surface area contributed by atoms with E-state index >= 15 is 0 Å². The van der Waals surface area contributed by atoms with Crippen LogP contribution in [-0.4, -0.2) is 32.2 Å². The second kappa shape index (κ2) is 11.8. The van der Waals surface area contributed by atoms with Gasteiger partial charge in [-0.2, -0.15) is 4.31 Å². The molecule has 0 N–H and O–H groups in total. The molecule has 2 aromatic carbocycles. The summed E-state index contributed by atoms with van der Waals surface area (Å²) in [4.78, 5) is 4.44. The highest BCUT2D eigenvalue weighted by Crippen LogP contribution is 2.34. The molecule has 0 radical (unpaired) electrons. The number of hydrogen-bond acceptors (Lipinski definition) is 6. The van der Waals surface area contributed by atoms with Gasteiger partial charge in [-0.15, -0.1) is 11.3 Å². The fourth-order valence-corrected chi connectivity index (χ4v) is 9.38. The second-order valence-electron chi connectivity index (χ2n) is 10.2. The Kier molecular flexibility index (Phi) is 8.42. The van der Waals surface area contributed by atoms with Gasteiger partial charge in [0.25, 0.3) is 10.0 Å². The number of anilines is 1. The predicted molar refractivity (Wildman–Crippen MR) is 159 cm³/mol. The van der Waals surface area contributed by atoms with Crippen LogP contribution in [0.1, 0.15) is 48.1 Å². The van der Waals surface area contributed by atoms with Crippen LogP contribution in [0.25, 0.3) is 0 Å². The zero-order chi connectivity index (χ0) is 28.3. The van der Waals surface area contributed by atoms with Crippen molar-refractivity contribution >= 4 is 36.4 Å². The highest BCUT2D eigenvalue weighted by Gasteiger charge is 2.34. The van der Waals surface area contributed by atoms with Crippen LogP contribution in [0.5, 0.6) is 0 Å². The maximum Gasteiger partial charge on any atom is 0.265 e. The molecule has 0 spiro atoms. The topological polar surface area (TPSA) is 87.7 Å². The molecule has 1 saturated carbocycles. The van der Waals surface area contributed by atoms with Gasteiger partial charge >= 0.3 is 0 Å². The van der Waals surface area contributed by atoms with Gasteiger partial charge in [0.2, 0.25) is 10.0 Å². The normalized spacial score (nSPS) is 14.6. The van der Waals surface area contributed by atoms with Crippen molar-refractivity contribution in [2.24, 2.45) is 0 Å². The lowest BCUT2D eigenvalue weighted by Gasteiger charge is -2.28. The lowest BCUT2D eigenvalue weighted by atomic mass is 10.1. The molecule has 0 aliphatic heterocycles. The molecule has 10 heteroatoms. The number of thiophene rings is 1. The van der Waals surface area contributed by atoms with E-state index in [0.29, 0.717) is 10.7 Å². The Morgan fingerprint density at radius 3 is 2.02 bits per heavy atom. The number of aromatic nitrogens is 1. The molecule has 0 unspecified atom stereocenters. The summed E-state index contributed by atoms with van der Waals surface area (Å²) >= 11 is 1.34. The van der Waals surface area contributed by atoms with Gasteiger partial charge in [0.1, 0.15) is 5.00 Å². The van der Waals surface area contributed by atoms with E-state index < -0.39 is 20.0 Å². The Labute approximate surface area is 241 Å². The first-order valence-electron chi connectivity index (χ1n) is 13.3. The minimum absolute atomic E-state index is 0.0288. The number of nitrogens with zero attached hydrogens (tertiary/aromatic N) is 3. The number of rotatable bonds is 10. The fraction of sp³-hybridized carbons (Fsp3) is 0.300. The fourth-order valence-electron chi connectivity index (χ4n) is 5.05. The van der Waals surface area contributed by atoms with Gasteiger partial charge in [-0.05, 0) is 85.7 Å². The third-order valence-electron chi connectivity index (χ3n) is 7.30. The number of benzene rings is 2. The summed E-state index contributed by atoms with van der Waals surface area (Å²) in [6, 6.07) is 20.7. The molecule has 1 aliphatic carbocycles. The molecule has 0 saturated heterocycles. The Morgan fingerprint density at radius 1 is 0.800 bits per heavy atom. The zero-order valence-electron chi connectivity index (χ0n) is 22.6. The quantitative estimate of drug-likeness (QED) is 0.215. The predicted octanol–water partition coefficient (Wildman–Crippen LogP) is 6.29. The lowest BCUT2D eigenvalue weighted by Crippen LogP contribution is -2.38. The number of pyridine rings is 1. The van der Waals surface area contributed by atoms with E-state index in [-0.39, 0.29) is 28.9 Å². The zero-order valence-corrected chi connectivity index (χ0v) is 25.1. The summed E-state index contributed by atoms with van der Waals surface area (Å²) in [6.45, 7) is 4.22. The smallest absolute Gasteiger partial charge is 0.259 e. The standard InChI is InChI=1S/C30H33N3O4S3/c1-23-10-12-25(13-11-23)21-32(27-8-3-4-9-27)39(34,35)28-14-16-29(17-15-28)40(36,37)33(30-24(2)18-20-38-30)22-26-7-5-6-19-31-26/h5-7,10-20,27H,3-4,8-9,21-22H2,1-2H3. The summed E-state index contributed by atoms with van der Waals surface area (Å²) in [5.74, 6) is 0. The molecular weight excluding hydrogens is 563 g/mol. The molecule has 5 rings (SSSR count). The third kappa shape index (κ3) is 6.00. The minimum atomic E-state index is -4.00. The maximum atomic E-state index is 13.9. The summed E-state index contributed by atoms with van der Waals surface area (Å²) in [5, 5.41) is 2.46. The number of aryl methyl sites for hydroxylation is 2. The van der Waals surface area contributed by atoms with E-state index in [2.05, 4.69) is 4.98 Å². The molecule has 2 aromatic heterocycles. The monoisotopic (exact) mass is 595 g/mol. The van der Waals surface area contributed by atoms with Gasteiger partial charge < -0.3 is 0 Å². The summed E-state index contributed by atoms with van der Waals surface area (Å²) in [7, 11) is -7.86. The van der Waals surface area contributed by atoms with E-state index in [1.54, 1.807) is 22.6 Å². The van der Waals surface area contributed by atoms with Gasteiger partial charge in [-0.1, -0.05) is 48.7 Å². The summed E-state index contributed by atoms with van der Waals surface area (Å²) in [6.07, 6.45) is 5.26. The summed E-state index contributed by atoms with van der Waals surface area (Å²) < 4.78 is 58.6. The van der Waals surface area contributed by atoms with E-state index in [1.807, 2.05) is 55.6 Å². The van der Waals surface area contributed by atoms with Crippen LogP contribution in [0, 0.1) is 13.8 Å². The van der Waals surface area contributed by atoms with Crippen molar-refractivity contribution < 1.29 is 16.8 Å². The third-order valence-corrected chi connectivity index (χ3v) is 12.1. The Morgan fingerprint density at radius 2 is 1.45 bits per heavy atom. The molecule has 0 bridgehead atoms. The van der Waals surface area contributed by atoms with Crippen molar-refractivity contribution in [3.63, 3.8) is 0 Å². The van der Waals surface area contributed by atoms with Crippen molar-refractivity contribution in [1.29, 1.82) is 0 Å². The van der Waals surface area contributed by atoms with Crippen molar-refractivity contribution in [2.45, 2.75) is 68.5 Å². The summed E-state index contributed by atoms with van der Waals surface area (Å²) in [5.41, 5.74) is 3.50. The average molecular weight is 596 g/mol. The van der Waals surface area contributed by atoms with Crippen LogP contribution >= 0.6 is 11.3 Å². The van der Waals surface area contributed by atoms with Crippen LogP contribution in [-0.2, 0) is 33.1 Å². The molecule has 4 aromatic rings. The van der Waals surface area contributed by atoms with E-state index in [0.717, 1.165) is 42.4 Å². The Hall–Kier alpha value is -3.05. The van der Waals surface area contributed by atoms with Gasteiger partial charge in [0, 0.05) is 18.8 Å². The molecular formula is C30H33N3O4S3. The molecule has 0 atom stereocenters. The Bertz CT molecular complexity index is 1650. The van der Waals surface area contributed by atoms with Crippen LogP contribution < -0.4 is 4.31 Å². The van der Waals surface area contributed by atoms with Gasteiger partial charge in [-0.25, -0.2) is 16.8 Å². The van der Waals surface area contributed by atoms with Gasteiger partial charge in [-0.3, -0.25) is 9.29 Å². The number of hydrogen-bond donors (Lipinski definition) is 0. The molecule has 40 heavy (non-hydrogen) atoms. The van der Waals surface area contributed by atoms with Gasteiger partial charge in [0.05, 0.1) is 22.0 Å².